The first-order chi connectivity index (χ1) is 11.6. The van der Waals surface area contributed by atoms with Crippen molar-refractivity contribution in [2.45, 2.75) is 6.42 Å². The minimum absolute atomic E-state index is 0.0363. The fourth-order valence-corrected chi connectivity index (χ4v) is 3.33. The van der Waals surface area contributed by atoms with E-state index < -0.39 is 0 Å². The molecule has 1 unspecified atom stereocenters. The van der Waals surface area contributed by atoms with Crippen LogP contribution in [0.2, 0.25) is 10.0 Å². The van der Waals surface area contributed by atoms with Crippen LogP contribution in [0.15, 0.2) is 54.6 Å². The molecule has 0 saturated heterocycles. The Hall–Kier alpha value is -1.81. The summed E-state index contributed by atoms with van der Waals surface area (Å²) in [6, 6.07) is 15.5. The molecule has 0 spiro atoms. The molecule has 0 bridgehead atoms. The van der Waals surface area contributed by atoms with Crippen LogP contribution in [0.3, 0.4) is 0 Å². The van der Waals surface area contributed by atoms with Crippen LogP contribution in [0, 0.1) is 0 Å². The summed E-state index contributed by atoms with van der Waals surface area (Å²) in [6.45, 7) is 2.23. The molecule has 2 N–H and O–H groups in total. The van der Waals surface area contributed by atoms with Crippen molar-refractivity contribution in [2.75, 3.05) is 25.0 Å². The van der Waals surface area contributed by atoms with E-state index in [2.05, 4.69) is 35.7 Å². The molecular formula is C19H19Cl2N2O+. The van der Waals surface area contributed by atoms with Gasteiger partial charge in [0, 0.05) is 11.4 Å². The fraction of sp³-hybridized carbons (Fsp3) is 0.211. The number of benzene rings is 2. The molecular weight excluding hydrogens is 343 g/mol. The van der Waals surface area contributed by atoms with E-state index in [-0.39, 0.29) is 5.91 Å². The molecule has 3 nitrogen and oxygen atoms in total. The largest absolute Gasteiger partial charge is 0.324 e. The summed E-state index contributed by atoms with van der Waals surface area (Å²) in [6.07, 6.45) is 3.21. The van der Waals surface area contributed by atoms with Gasteiger partial charge in [0.2, 0.25) is 0 Å². The topological polar surface area (TPSA) is 33.5 Å². The SMILES string of the molecule is O=C(C[NH+]1CC=C(c2ccccc2)CC1)Nc1ccc(Cl)cc1Cl. The molecule has 3 rings (SSSR count). The highest BCUT2D eigenvalue weighted by atomic mass is 35.5. The zero-order valence-electron chi connectivity index (χ0n) is 13.2. The van der Waals surface area contributed by atoms with Crippen molar-refractivity contribution in [1.29, 1.82) is 0 Å². The van der Waals surface area contributed by atoms with E-state index in [4.69, 9.17) is 23.2 Å². The highest BCUT2D eigenvalue weighted by Gasteiger charge is 2.19. The molecule has 2 aromatic rings. The number of nitrogens with one attached hydrogen (secondary N) is 2. The van der Waals surface area contributed by atoms with Gasteiger partial charge in [0.1, 0.15) is 0 Å². The molecule has 0 fully saturated rings. The number of hydrogen-bond acceptors (Lipinski definition) is 1. The molecule has 124 valence electrons. The molecule has 1 aliphatic rings. The van der Waals surface area contributed by atoms with Crippen molar-refractivity contribution in [2.24, 2.45) is 0 Å². The van der Waals surface area contributed by atoms with Gasteiger partial charge in [0.15, 0.2) is 6.54 Å². The fourth-order valence-electron chi connectivity index (χ4n) is 2.87. The van der Waals surface area contributed by atoms with Crippen LogP contribution in [-0.4, -0.2) is 25.5 Å². The molecule has 1 amide bonds. The second kappa shape index (κ2) is 7.84. The number of anilines is 1. The van der Waals surface area contributed by atoms with Gasteiger partial charge in [-0.05, 0) is 35.4 Å². The van der Waals surface area contributed by atoms with Crippen LogP contribution in [0.4, 0.5) is 5.69 Å². The van der Waals surface area contributed by atoms with Crippen molar-refractivity contribution < 1.29 is 9.69 Å². The van der Waals surface area contributed by atoms with Crippen molar-refractivity contribution in [3.05, 3.63) is 70.2 Å². The summed E-state index contributed by atoms with van der Waals surface area (Å²) in [7, 11) is 0. The second-order valence-electron chi connectivity index (χ2n) is 5.90. The number of amides is 1. The standard InChI is InChI=1S/C19H18Cl2N2O/c20-16-6-7-18(17(21)12-16)22-19(24)13-23-10-8-15(9-11-23)14-4-2-1-3-5-14/h1-8,12H,9-11,13H2,(H,22,24)/p+1. The summed E-state index contributed by atoms with van der Waals surface area (Å²) in [4.78, 5) is 13.5. The molecule has 0 aliphatic carbocycles. The zero-order chi connectivity index (χ0) is 16.9. The maximum atomic E-state index is 12.2. The predicted molar refractivity (Wildman–Crippen MR) is 99.7 cm³/mol. The van der Waals surface area contributed by atoms with Crippen LogP contribution < -0.4 is 10.2 Å². The quantitative estimate of drug-likeness (QED) is 0.860. The van der Waals surface area contributed by atoms with E-state index in [1.165, 1.54) is 16.0 Å². The Kier molecular flexibility index (Phi) is 5.56. The van der Waals surface area contributed by atoms with Gasteiger partial charge in [0.25, 0.3) is 5.91 Å². The van der Waals surface area contributed by atoms with Gasteiger partial charge in [-0.1, -0.05) is 53.5 Å². The Morgan fingerprint density at radius 2 is 1.92 bits per heavy atom. The Bertz CT molecular complexity index is 759. The summed E-state index contributed by atoms with van der Waals surface area (Å²) in [5.41, 5.74) is 3.23. The number of quaternary nitrogens is 1. The predicted octanol–water partition coefficient (Wildman–Crippen LogP) is 3.30. The van der Waals surface area contributed by atoms with Gasteiger partial charge < -0.3 is 10.2 Å². The first kappa shape index (κ1) is 17.0. The maximum Gasteiger partial charge on any atom is 0.279 e. The first-order valence-corrected chi connectivity index (χ1v) is 8.70. The van der Waals surface area contributed by atoms with E-state index in [1.54, 1.807) is 18.2 Å². The van der Waals surface area contributed by atoms with Gasteiger partial charge in [-0.15, -0.1) is 0 Å². The van der Waals surface area contributed by atoms with E-state index in [1.807, 2.05) is 6.07 Å². The monoisotopic (exact) mass is 361 g/mol. The third kappa shape index (κ3) is 4.38. The van der Waals surface area contributed by atoms with Gasteiger partial charge in [0.05, 0.1) is 23.8 Å². The molecule has 0 aromatic heterocycles. The smallest absolute Gasteiger partial charge is 0.279 e. The Morgan fingerprint density at radius 1 is 1.12 bits per heavy atom. The summed E-state index contributed by atoms with van der Waals surface area (Å²) in [5.74, 6) is -0.0363. The molecule has 2 aromatic carbocycles. The highest BCUT2D eigenvalue weighted by Crippen LogP contribution is 2.25. The Labute approximate surface area is 151 Å². The molecule has 1 atom stereocenters. The second-order valence-corrected chi connectivity index (χ2v) is 6.74. The van der Waals surface area contributed by atoms with Crippen LogP contribution in [-0.2, 0) is 4.79 Å². The highest BCUT2D eigenvalue weighted by molar-refractivity contribution is 6.36. The molecule has 0 saturated carbocycles. The first-order valence-electron chi connectivity index (χ1n) is 7.95. The molecule has 24 heavy (non-hydrogen) atoms. The van der Waals surface area contributed by atoms with Crippen LogP contribution in [0.25, 0.3) is 5.57 Å². The summed E-state index contributed by atoms with van der Waals surface area (Å²) < 4.78 is 0. The zero-order valence-corrected chi connectivity index (χ0v) is 14.7. The van der Waals surface area contributed by atoms with Gasteiger partial charge in [-0.25, -0.2) is 0 Å². The molecule has 5 heteroatoms. The van der Waals surface area contributed by atoms with Crippen molar-refractivity contribution in [3.63, 3.8) is 0 Å². The van der Waals surface area contributed by atoms with E-state index in [9.17, 15) is 4.79 Å². The third-order valence-electron chi connectivity index (χ3n) is 4.15. The average Bonchev–Trinajstić information content (AvgIpc) is 2.59. The normalized spacial score (nSPS) is 17.2. The number of hydrogen-bond donors (Lipinski definition) is 2. The van der Waals surface area contributed by atoms with Gasteiger partial charge in [-0.3, -0.25) is 4.79 Å². The van der Waals surface area contributed by atoms with E-state index >= 15 is 0 Å². The lowest BCUT2D eigenvalue weighted by atomic mass is 10.00. The lowest BCUT2D eigenvalue weighted by Gasteiger charge is -2.23. The lowest BCUT2D eigenvalue weighted by Crippen LogP contribution is -3.13. The Balaban J connectivity index is 1.56. The molecule has 0 radical (unpaired) electrons. The van der Waals surface area contributed by atoms with Gasteiger partial charge in [-0.2, -0.15) is 0 Å². The van der Waals surface area contributed by atoms with Crippen LogP contribution in [0.5, 0.6) is 0 Å². The van der Waals surface area contributed by atoms with E-state index in [0.29, 0.717) is 22.3 Å². The van der Waals surface area contributed by atoms with Crippen LogP contribution in [0.1, 0.15) is 12.0 Å². The maximum absolute atomic E-state index is 12.2. The average molecular weight is 362 g/mol. The van der Waals surface area contributed by atoms with Crippen molar-refractivity contribution in [1.82, 2.24) is 0 Å². The number of carbonyl (C=O) groups is 1. The van der Waals surface area contributed by atoms with Crippen molar-refractivity contribution in [3.8, 4) is 0 Å². The van der Waals surface area contributed by atoms with Crippen molar-refractivity contribution >= 4 is 40.4 Å². The minimum Gasteiger partial charge on any atom is -0.324 e. The van der Waals surface area contributed by atoms with E-state index in [0.717, 1.165) is 19.5 Å². The summed E-state index contributed by atoms with van der Waals surface area (Å²) in [5, 5.41) is 3.86. The summed E-state index contributed by atoms with van der Waals surface area (Å²) >= 11 is 12.0. The molecule has 1 heterocycles. The lowest BCUT2D eigenvalue weighted by molar-refractivity contribution is -0.886. The van der Waals surface area contributed by atoms with Crippen LogP contribution >= 0.6 is 23.2 Å². The Morgan fingerprint density at radius 3 is 2.58 bits per heavy atom. The number of carbonyl (C=O) groups excluding carboxylic acids is 1. The molecule has 1 aliphatic heterocycles. The van der Waals surface area contributed by atoms with Gasteiger partial charge >= 0.3 is 0 Å². The number of rotatable bonds is 4. The minimum atomic E-state index is -0.0363. The third-order valence-corrected chi connectivity index (χ3v) is 4.69. The number of halogens is 2.